The van der Waals surface area contributed by atoms with Crippen LogP contribution in [0.2, 0.25) is 0 Å². The largest absolute Gasteiger partial charge is 0.397 e. The predicted molar refractivity (Wildman–Crippen MR) is 151 cm³/mol. The Balaban J connectivity index is 1.28. The van der Waals surface area contributed by atoms with Gasteiger partial charge in [0, 0.05) is 35.5 Å². The van der Waals surface area contributed by atoms with Crippen molar-refractivity contribution in [2.75, 3.05) is 21.7 Å². The molecule has 2 aromatic carbocycles. The van der Waals surface area contributed by atoms with Gasteiger partial charge >= 0.3 is 0 Å². The Morgan fingerprint density at radius 2 is 1.63 bits per heavy atom. The van der Waals surface area contributed by atoms with Gasteiger partial charge < -0.3 is 21.7 Å². The van der Waals surface area contributed by atoms with E-state index in [9.17, 15) is 9.59 Å². The van der Waals surface area contributed by atoms with Gasteiger partial charge in [-0.2, -0.15) is 0 Å². The Morgan fingerprint density at radius 3 is 2.39 bits per heavy atom. The first kappa shape index (κ1) is 24.6. The van der Waals surface area contributed by atoms with Crippen molar-refractivity contribution >= 4 is 51.8 Å². The molecule has 3 aromatic heterocycles. The van der Waals surface area contributed by atoms with Crippen molar-refractivity contribution in [1.82, 2.24) is 15.0 Å². The third-order valence-electron chi connectivity index (χ3n) is 5.62. The molecule has 188 valence electrons. The highest BCUT2D eigenvalue weighted by Crippen LogP contribution is 2.26. The zero-order valence-electron chi connectivity index (χ0n) is 20.3. The number of benzene rings is 2. The highest BCUT2D eigenvalue weighted by Gasteiger charge is 2.15. The summed E-state index contributed by atoms with van der Waals surface area (Å²) >= 11 is 1.10. The van der Waals surface area contributed by atoms with E-state index in [1.165, 1.54) is 0 Å². The number of aryl methyl sites for hydroxylation is 1. The highest BCUT2D eigenvalue weighted by molar-refractivity contribution is 7.16. The average molecular weight is 522 g/mol. The van der Waals surface area contributed by atoms with Crippen molar-refractivity contribution in [3.05, 3.63) is 107 Å². The second kappa shape index (κ2) is 10.9. The van der Waals surface area contributed by atoms with Gasteiger partial charge in [0.1, 0.15) is 0 Å². The maximum absolute atomic E-state index is 12.9. The number of aromatic nitrogens is 3. The summed E-state index contributed by atoms with van der Waals surface area (Å²) in [5.74, 6) is -0.230. The van der Waals surface area contributed by atoms with E-state index in [0.29, 0.717) is 32.8 Å². The molecule has 0 bridgehead atoms. The maximum Gasteiger partial charge on any atom is 0.265 e. The molecule has 10 heteroatoms. The monoisotopic (exact) mass is 521 g/mol. The van der Waals surface area contributed by atoms with Crippen LogP contribution in [0.1, 0.15) is 24.9 Å². The first-order valence-electron chi connectivity index (χ1n) is 11.6. The lowest BCUT2D eigenvalue weighted by Gasteiger charge is -2.12. The van der Waals surface area contributed by atoms with E-state index < -0.39 is 0 Å². The topological polar surface area (TPSA) is 135 Å². The van der Waals surface area contributed by atoms with Crippen molar-refractivity contribution < 1.29 is 9.59 Å². The molecule has 0 unspecified atom stereocenters. The number of nitrogen functional groups attached to an aromatic ring is 1. The number of nitrogens with two attached hydrogens (primary N) is 1. The Labute approximate surface area is 222 Å². The van der Waals surface area contributed by atoms with Crippen LogP contribution in [0, 0.1) is 6.92 Å². The summed E-state index contributed by atoms with van der Waals surface area (Å²) in [4.78, 5) is 39.4. The predicted octanol–water partition coefficient (Wildman–Crippen LogP) is 5.74. The molecular weight excluding hydrogens is 498 g/mol. The van der Waals surface area contributed by atoms with E-state index in [0.717, 1.165) is 33.8 Å². The van der Waals surface area contributed by atoms with E-state index in [1.807, 2.05) is 43.3 Å². The van der Waals surface area contributed by atoms with Crippen LogP contribution in [0.5, 0.6) is 0 Å². The number of thiophene rings is 1. The third-order valence-corrected chi connectivity index (χ3v) is 6.70. The minimum Gasteiger partial charge on any atom is -0.397 e. The van der Waals surface area contributed by atoms with Crippen LogP contribution in [0.3, 0.4) is 0 Å². The van der Waals surface area contributed by atoms with E-state index in [4.69, 9.17) is 5.73 Å². The van der Waals surface area contributed by atoms with Crippen LogP contribution in [0.15, 0.2) is 91.4 Å². The summed E-state index contributed by atoms with van der Waals surface area (Å²) < 4.78 is 0. The number of nitrogens with one attached hydrogen (secondary N) is 3. The molecule has 9 nitrogen and oxygen atoms in total. The molecule has 0 saturated heterocycles. The number of amides is 2. The van der Waals surface area contributed by atoms with Crippen molar-refractivity contribution in [1.29, 1.82) is 0 Å². The van der Waals surface area contributed by atoms with E-state index in [-0.39, 0.29) is 11.8 Å². The number of rotatable bonds is 7. The van der Waals surface area contributed by atoms with E-state index in [2.05, 4.69) is 30.9 Å². The smallest absolute Gasteiger partial charge is 0.265 e. The normalized spacial score (nSPS) is 10.6. The molecule has 38 heavy (non-hydrogen) atoms. The lowest BCUT2D eigenvalue weighted by Crippen LogP contribution is -2.12. The van der Waals surface area contributed by atoms with E-state index in [1.54, 1.807) is 55.0 Å². The molecule has 0 spiro atoms. The summed E-state index contributed by atoms with van der Waals surface area (Å²) in [5.41, 5.74) is 10.8. The lowest BCUT2D eigenvalue weighted by atomic mass is 10.1. The Kier molecular flexibility index (Phi) is 7.05. The van der Waals surface area contributed by atoms with Gasteiger partial charge in [-0.25, -0.2) is 9.97 Å². The number of nitrogens with zero attached hydrogens (tertiary/aromatic N) is 3. The molecular formula is C28H23N7O2S. The van der Waals surface area contributed by atoms with Crippen molar-refractivity contribution in [2.45, 2.75) is 6.92 Å². The molecule has 2 amide bonds. The molecule has 0 saturated carbocycles. The summed E-state index contributed by atoms with van der Waals surface area (Å²) in [6.45, 7) is 1.95. The Hall–Kier alpha value is -5.09. The highest BCUT2D eigenvalue weighted by atomic mass is 32.1. The number of pyridine rings is 1. The van der Waals surface area contributed by atoms with Crippen LogP contribution in [-0.2, 0) is 0 Å². The minimum atomic E-state index is -0.331. The van der Waals surface area contributed by atoms with Crippen molar-refractivity contribution in [2.24, 2.45) is 0 Å². The molecule has 3 heterocycles. The number of carbonyl (C=O) groups excluding carboxylic acids is 2. The molecule has 5 rings (SSSR count). The second-order valence-corrected chi connectivity index (χ2v) is 9.41. The first-order chi connectivity index (χ1) is 18.5. The molecule has 0 radical (unpaired) electrons. The standard InChI is InChI=1S/C28H23N7O2S/c1-17-8-9-19(15-23(17)35-28-31-14-12-21(34-28)18-5-4-13-30-16-18)32-26(36)24-10-11-25(38-24)27(37)33-22-7-3-2-6-20(22)29/h2-16H,29H2,1H3,(H,32,36)(H,33,37)(H,31,34,35). The summed E-state index contributed by atoms with van der Waals surface area (Å²) in [5, 5.41) is 8.89. The van der Waals surface area contributed by atoms with Crippen LogP contribution in [0.4, 0.5) is 28.7 Å². The number of para-hydroxylation sites is 2. The first-order valence-corrected chi connectivity index (χ1v) is 12.5. The fourth-order valence-corrected chi connectivity index (χ4v) is 4.41. The Morgan fingerprint density at radius 1 is 0.842 bits per heavy atom. The van der Waals surface area contributed by atoms with Crippen LogP contribution in [0.25, 0.3) is 11.3 Å². The minimum absolute atomic E-state index is 0.321. The quantitative estimate of drug-likeness (QED) is 0.201. The van der Waals surface area contributed by atoms with Gasteiger partial charge in [-0.15, -0.1) is 11.3 Å². The maximum atomic E-state index is 12.9. The van der Waals surface area contributed by atoms with Gasteiger partial charge in [-0.05, 0) is 67.1 Å². The number of anilines is 5. The van der Waals surface area contributed by atoms with Gasteiger partial charge in [0.05, 0.1) is 26.8 Å². The molecule has 0 aliphatic heterocycles. The lowest BCUT2D eigenvalue weighted by molar-refractivity contribution is 0.102. The number of carbonyl (C=O) groups is 2. The molecule has 0 aliphatic rings. The molecule has 0 atom stereocenters. The van der Waals surface area contributed by atoms with Crippen LogP contribution >= 0.6 is 11.3 Å². The fourth-order valence-electron chi connectivity index (χ4n) is 3.62. The van der Waals surface area contributed by atoms with Crippen LogP contribution < -0.4 is 21.7 Å². The number of hydrogen-bond acceptors (Lipinski definition) is 8. The Bertz CT molecular complexity index is 1620. The van der Waals surface area contributed by atoms with Gasteiger partial charge in [0.2, 0.25) is 5.95 Å². The summed E-state index contributed by atoms with van der Waals surface area (Å²) in [6.07, 6.45) is 5.12. The zero-order chi connectivity index (χ0) is 26.5. The zero-order valence-corrected chi connectivity index (χ0v) is 21.1. The van der Waals surface area contributed by atoms with Gasteiger partial charge in [-0.1, -0.05) is 18.2 Å². The molecule has 0 aliphatic carbocycles. The van der Waals surface area contributed by atoms with Crippen molar-refractivity contribution in [3.8, 4) is 11.3 Å². The number of hydrogen-bond donors (Lipinski definition) is 4. The molecule has 5 N–H and O–H groups in total. The SMILES string of the molecule is Cc1ccc(NC(=O)c2ccc(C(=O)Nc3ccccc3N)s2)cc1Nc1nccc(-c2cccnc2)n1. The fraction of sp³-hybridized carbons (Fsp3) is 0.0357. The van der Waals surface area contributed by atoms with Gasteiger partial charge in [0.25, 0.3) is 11.8 Å². The third kappa shape index (κ3) is 5.66. The van der Waals surface area contributed by atoms with E-state index >= 15 is 0 Å². The molecule has 5 aromatic rings. The van der Waals surface area contributed by atoms with Gasteiger partial charge in [0.15, 0.2) is 0 Å². The average Bonchev–Trinajstić information content (AvgIpc) is 3.44. The molecule has 0 fully saturated rings. The summed E-state index contributed by atoms with van der Waals surface area (Å²) in [7, 11) is 0. The van der Waals surface area contributed by atoms with Gasteiger partial charge in [-0.3, -0.25) is 14.6 Å². The summed E-state index contributed by atoms with van der Waals surface area (Å²) in [6, 6.07) is 21.3. The van der Waals surface area contributed by atoms with Crippen LogP contribution in [-0.4, -0.2) is 26.8 Å². The van der Waals surface area contributed by atoms with Crippen molar-refractivity contribution in [3.63, 3.8) is 0 Å². The second-order valence-electron chi connectivity index (χ2n) is 8.32.